The van der Waals surface area contributed by atoms with E-state index >= 15 is 0 Å². The predicted octanol–water partition coefficient (Wildman–Crippen LogP) is 3.36. The fourth-order valence-corrected chi connectivity index (χ4v) is 2.71. The number of nitrogens with zero attached hydrogens (tertiary/aromatic N) is 3. The van der Waals surface area contributed by atoms with Crippen LogP contribution in [0.3, 0.4) is 0 Å². The summed E-state index contributed by atoms with van der Waals surface area (Å²) in [5.74, 6) is -0.687. The Labute approximate surface area is 129 Å². The summed E-state index contributed by atoms with van der Waals surface area (Å²) in [6.45, 7) is 1.37. The van der Waals surface area contributed by atoms with E-state index in [-0.39, 0.29) is 5.91 Å². The number of carbonyl (C=O) groups is 1. The van der Waals surface area contributed by atoms with Crippen molar-refractivity contribution in [3.63, 3.8) is 0 Å². The Morgan fingerprint density at radius 2 is 2.14 bits per heavy atom. The average molecular weight is 314 g/mol. The highest BCUT2D eigenvalue weighted by Crippen LogP contribution is 2.30. The van der Waals surface area contributed by atoms with Gasteiger partial charge in [-0.1, -0.05) is 0 Å². The first-order valence-electron chi connectivity index (χ1n) is 6.43. The van der Waals surface area contributed by atoms with E-state index in [0.29, 0.717) is 27.6 Å². The maximum atomic E-state index is 14.2. The molecular formula is C15H11FN4OS. The second kappa shape index (κ2) is 5.98. The first-order valence-corrected chi connectivity index (χ1v) is 7.31. The summed E-state index contributed by atoms with van der Waals surface area (Å²) in [5.41, 5.74) is 1.96. The fourth-order valence-electron chi connectivity index (χ4n) is 1.93. The van der Waals surface area contributed by atoms with Crippen LogP contribution in [-0.4, -0.2) is 20.9 Å². The number of halogens is 1. The van der Waals surface area contributed by atoms with Crippen LogP contribution in [0.2, 0.25) is 0 Å². The van der Waals surface area contributed by atoms with Gasteiger partial charge in [-0.3, -0.25) is 14.8 Å². The lowest BCUT2D eigenvalue weighted by Gasteiger charge is -2.04. The van der Waals surface area contributed by atoms with Crippen molar-refractivity contribution in [1.29, 1.82) is 0 Å². The average Bonchev–Trinajstić information content (AvgIpc) is 2.97. The van der Waals surface area contributed by atoms with Crippen LogP contribution in [0.15, 0.2) is 42.2 Å². The summed E-state index contributed by atoms with van der Waals surface area (Å²) < 4.78 is 14.2. The number of carbonyl (C=O) groups excluding carboxylic acids is 1. The smallest absolute Gasteiger partial charge is 0.221 e. The molecule has 0 aliphatic heterocycles. The topological polar surface area (TPSA) is 67.8 Å². The number of hydrogen-bond donors (Lipinski definition) is 1. The minimum atomic E-state index is -0.442. The molecule has 0 aliphatic rings. The zero-order chi connectivity index (χ0) is 15.5. The third-order valence-electron chi connectivity index (χ3n) is 2.85. The zero-order valence-corrected chi connectivity index (χ0v) is 12.4. The predicted molar refractivity (Wildman–Crippen MR) is 82.8 cm³/mol. The molecular weight excluding hydrogens is 303 g/mol. The second-order valence-corrected chi connectivity index (χ2v) is 5.36. The quantitative estimate of drug-likeness (QED) is 0.805. The van der Waals surface area contributed by atoms with Gasteiger partial charge >= 0.3 is 0 Å². The van der Waals surface area contributed by atoms with E-state index in [4.69, 9.17) is 0 Å². The maximum absolute atomic E-state index is 14.2. The van der Waals surface area contributed by atoms with Gasteiger partial charge in [0.05, 0.1) is 11.9 Å². The molecule has 1 N–H and O–H groups in total. The molecule has 110 valence electrons. The third kappa shape index (κ3) is 2.99. The lowest BCUT2D eigenvalue weighted by atomic mass is 10.1. The van der Waals surface area contributed by atoms with Crippen LogP contribution in [0.1, 0.15) is 6.92 Å². The summed E-state index contributed by atoms with van der Waals surface area (Å²) in [7, 11) is 0. The number of aromatic nitrogens is 3. The molecule has 5 nitrogen and oxygen atoms in total. The Hall–Kier alpha value is -2.67. The Morgan fingerprint density at radius 1 is 1.27 bits per heavy atom. The molecule has 2 heterocycles. The van der Waals surface area contributed by atoms with Gasteiger partial charge in [0.2, 0.25) is 5.91 Å². The molecule has 1 aromatic carbocycles. The summed E-state index contributed by atoms with van der Waals surface area (Å²) >= 11 is 1.37. The molecule has 0 radical (unpaired) electrons. The van der Waals surface area contributed by atoms with Gasteiger partial charge in [0.1, 0.15) is 16.5 Å². The molecule has 0 saturated heterocycles. The van der Waals surface area contributed by atoms with Crippen molar-refractivity contribution in [2.75, 3.05) is 5.32 Å². The number of nitrogens with one attached hydrogen (secondary N) is 1. The van der Waals surface area contributed by atoms with E-state index in [9.17, 15) is 9.18 Å². The van der Waals surface area contributed by atoms with E-state index in [1.54, 1.807) is 36.1 Å². The van der Waals surface area contributed by atoms with Crippen molar-refractivity contribution in [2.24, 2.45) is 0 Å². The van der Waals surface area contributed by atoms with Crippen LogP contribution in [0.4, 0.5) is 10.1 Å². The highest BCUT2D eigenvalue weighted by Gasteiger charge is 2.12. The fraction of sp³-hybridized carbons (Fsp3) is 0.0667. The zero-order valence-electron chi connectivity index (χ0n) is 11.6. The number of rotatable bonds is 3. The molecule has 0 bridgehead atoms. The van der Waals surface area contributed by atoms with Crippen molar-refractivity contribution < 1.29 is 9.18 Å². The van der Waals surface area contributed by atoms with Crippen LogP contribution in [0.5, 0.6) is 0 Å². The Balaban J connectivity index is 1.92. The van der Waals surface area contributed by atoms with E-state index in [1.807, 2.05) is 0 Å². The number of amides is 1. The molecule has 0 saturated carbocycles. The monoisotopic (exact) mass is 314 g/mol. The molecule has 22 heavy (non-hydrogen) atoms. The van der Waals surface area contributed by atoms with Gasteiger partial charge in [-0.25, -0.2) is 9.37 Å². The van der Waals surface area contributed by atoms with Gasteiger partial charge in [0.25, 0.3) is 0 Å². The van der Waals surface area contributed by atoms with Crippen LogP contribution in [-0.2, 0) is 4.79 Å². The van der Waals surface area contributed by atoms with E-state index in [0.717, 1.165) is 0 Å². The Kier molecular flexibility index (Phi) is 3.88. The standard InChI is InChI=1S/C15H11FN4OS/c1-9(21)19-10-2-3-11(12(16)6-10)14-8-22-15(20-14)13-7-17-4-5-18-13/h2-8H,1H3,(H,19,21). The van der Waals surface area contributed by atoms with Crippen LogP contribution < -0.4 is 5.32 Å². The lowest BCUT2D eigenvalue weighted by Crippen LogP contribution is -2.05. The first kappa shape index (κ1) is 14.3. The van der Waals surface area contributed by atoms with Gasteiger partial charge in [-0.2, -0.15) is 0 Å². The number of anilines is 1. The molecule has 0 unspecified atom stereocenters. The molecule has 2 aromatic heterocycles. The molecule has 3 aromatic rings. The van der Waals surface area contributed by atoms with Crippen molar-refractivity contribution in [3.05, 3.63) is 48.0 Å². The van der Waals surface area contributed by atoms with Crippen molar-refractivity contribution in [3.8, 4) is 22.0 Å². The summed E-state index contributed by atoms with van der Waals surface area (Å²) in [6.07, 6.45) is 4.77. The lowest BCUT2D eigenvalue weighted by molar-refractivity contribution is -0.114. The summed E-state index contributed by atoms with van der Waals surface area (Å²) in [5, 5.41) is 4.98. The van der Waals surface area contributed by atoms with Crippen LogP contribution in [0, 0.1) is 5.82 Å². The number of benzene rings is 1. The summed E-state index contributed by atoms with van der Waals surface area (Å²) in [6, 6.07) is 4.51. The molecule has 0 fully saturated rings. The second-order valence-electron chi connectivity index (χ2n) is 4.50. The van der Waals surface area contributed by atoms with Crippen LogP contribution in [0.25, 0.3) is 22.0 Å². The van der Waals surface area contributed by atoms with Gasteiger partial charge < -0.3 is 5.32 Å². The number of thiazole rings is 1. The molecule has 0 atom stereocenters. The highest BCUT2D eigenvalue weighted by atomic mass is 32.1. The normalized spacial score (nSPS) is 10.5. The van der Waals surface area contributed by atoms with Crippen molar-refractivity contribution >= 4 is 22.9 Å². The Morgan fingerprint density at radius 3 is 2.82 bits per heavy atom. The van der Waals surface area contributed by atoms with E-state index in [1.165, 1.54) is 24.3 Å². The molecule has 1 amide bonds. The first-order chi connectivity index (χ1) is 10.6. The van der Waals surface area contributed by atoms with Crippen molar-refractivity contribution in [2.45, 2.75) is 6.92 Å². The van der Waals surface area contributed by atoms with Gasteiger partial charge in [-0.05, 0) is 18.2 Å². The van der Waals surface area contributed by atoms with E-state index < -0.39 is 5.82 Å². The van der Waals surface area contributed by atoms with E-state index in [2.05, 4.69) is 20.3 Å². The molecule has 0 spiro atoms. The number of hydrogen-bond acceptors (Lipinski definition) is 5. The highest BCUT2D eigenvalue weighted by molar-refractivity contribution is 7.13. The van der Waals surface area contributed by atoms with Gasteiger partial charge in [-0.15, -0.1) is 11.3 Å². The summed E-state index contributed by atoms with van der Waals surface area (Å²) in [4.78, 5) is 23.5. The minimum Gasteiger partial charge on any atom is -0.326 e. The largest absolute Gasteiger partial charge is 0.326 e. The third-order valence-corrected chi connectivity index (χ3v) is 3.72. The van der Waals surface area contributed by atoms with Gasteiger partial charge in [0, 0.05) is 35.9 Å². The molecule has 7 heteroatoms. The minimum absolute atomic E-state index is 0.245. The van der Waals surface area contributed by atoms with Gasteiger partial charge in [0.15, 0.2) is 0 Å². The van der Waals surface area contributed by atoms with Crippen LogP contribution >= 0.6 is 11.3 Å². The Bertz CT molecular complexity index is 819. The van der Waals surface area contributed by atoms with Crippen molar-refractivity contribution in [1.82, 2.24) is 15.0 Å². The molecule has 0 aliphatic carbocycles. The molecule has 3 rings (SSSR count). The SMILES string of the molecule is CC(=O)Nc1ccc(-c2csc(-c3cnccn3)n2)c(F)c1. The maximum Gasteiger partial charge on any atom is 0.221 e.